The van der Waals surface area contributed by atoms with E-state index in [1.54, 1.807) is 18.2 Å². The van der Waals surface area contributed by atoms with Crippen molar-refractivity contribution in [1.29, 1.82) is 0 Å². The zero-order valence-electron chi connectivity index (χ0n) is 12.4. The quantitative estimate of drug-likeness (QED) is 0.807. The lowest BCUT2D eigenvalue weighted by atomic mass is 10.2. The van der Waals surface area contributed by atoms with Crippen LogP contribution in [0.2, 0.25) is 0 Å². The monoisotopic (exact) mass is 376 g/mol. The Kier molecular flexibility index (Phi) is 6.17. The molecule has 0 aliphatic heterocycles. The topological polar surface area (TPSA) is 72.6 Å². The average molecular weight is 377 g/mol. The van der Waals surface area contributed by atoms with Crippen LogP contribution >= 0.6 is 15.9 Å². The fourth-order valence-corrected chi connectivity index (χ4v) is 2.41. The lowest BCUT2D eigenvalue weighted by Gasteiger charge is -2.22. The van der Waals surface area contributed by atoms with E-state index in [2.05, 4.69) is 15.9 Å². The molecule has 2 rings (SSSR count). The molecule has 23 heavy (non-hydrogen) atoms. The number of nitrogens with zero attached hydrogens (tertiary/aromatic N) is 1. The first kappa shape index (κ1) is 17.0. The third-order valence-corrected chi connectivity index (χ3v) is 3.79. The number of nitrogens with two attached hydrogens (primary N) is 1. The normalized spacial score (nSPS) is 10.1. The van der Waals surface area contributed by atoms with Gasteiger partial charge in [0.2, 0.25) is 5.91 Å². The van der Waals surface area contributed by atoms with E-state index >= 15 is 0 Å². The maximum Gasteiger partial charge on any atom is 0.264 e. The van der Waals surface area contributed by atoms with Gasteiger partial charge in [-0.1, -0.05) is 30.3 Å². The molecule has 2 aromatic rings. The molecule has 0 saturated heterocycles. The lowest BCUT2D eigenvalue weighted by Crippen LogP contribution is -2.37. The Hall–Kier alpha value is -2.34. The Balaban J connectivity index is 2.07. The van der Waals surface area contributed by atoms with Gasteiger partial charge in [0.05, 0.1) is 4.47 Å². The van der Waals surface area contributed by atoms with Crippen LogP contribution in [0.25, 0.3) is 0 Å². The smallest absolute Gasteiger partial charge is 0.264 e. The zero-order valence-corrected chi connectivity index (χ0v) is 14.0. The van der Waals surface area contributed by atoms with Gasteiger partial charge in [-0.3, -0.25) is 9.59 Å². The fraction of sp³-hybridized carbons (Fsp3) is 0.176. The molecule has 0 spiro atoms. The highest BCUT2D eigenvalue weighted by atomic mass is 79.9. The summed E-state index contributed by atoms with van der Waals surface area (Å²) in [4.78, 5) is 25.0. The Morgan fingerprint density at radius 1 is 1.04 bits per heavy atom. The number of ether oxygens (including phenoxy) is 1. The first-order valence-corrected chi connectivity index (χ1v) is 7.88. The number of benzene rings is 2. The summed E-state index contributed by atoms with van der Waals surface area (Å²) in [7, 11) is 0. The Bertz CT molecular complexity index is 677. The highest BCUT2D eigenvalue weighted by molar-refractivity contribution is 9.10. The van der Waals surface area contributed by atoms with Gasteiger partial charge in [0, 0.05) is 18.7 Å². The van der Waals surface area contributed by atoms with Gasteiger partial charge in [-0.2, -0.15) is 0 Å². The molecule has 0 bridgehead atoms. The summed E-state index contributed by atoms with van der Waals surface area (Å²) in [5.74, 6) is -0.109. The van der Waals surface area contributed by atoms with Crippen LogP contribution in [-0.4, -0.2) is 25.0 Å². The molecule has 6 heteroatoms. The molecule has 0 unspecified atom stereocenters. The highest BCUT2D eigenvalue weighted by Crippen LogP contribution is 2.24. The van der Waals surface area contributed by atoms with E-state index in [0.717, 1.165) is 4.47 Å². The number of rotatable bonds is 7. The van der Waals surface area contributed by atoms with E-state index in [1.165, 1.54) is 4.90 Å². The molecule has 2 amide bonds. The van der Waals surface area contributed by atoms with E-state index in [4.69, 9.17) is 10.5 Å². The maximum absolute atomic E-state index is 12.5. The molecule has 0 saturated carbocycles. The van der Waals surface area contributed by atoms with Crippen molar-refractivity contribution in [3.63, 3.8) is 0 Å². The van der Waals surface area contributed by atoms with Crippen LogP contribution in [0.4, 0.5) is 5.69 Å². The summed E-state index contributed by atoms with van der Waals surface area (Å²) in [5.41, 5.74) is 5.89. The minimum Gasteiger partial charge on any atom is -0.483 e. The van der Waals surface area contributed by atoms with Gasteiger partial charge in [-0.25, -0.2) is 0 Å². The Morgan fingerprint density at radius 2 is 1.70 bits per heavy atom. The predicted molar refractivity (Wildman–Crippen MR) is 92.2 cm³/mol. The summed E-state index contributed by atoms with van der Waals surface area (Å²) in [6.45, 7) is 0.0910. The number of hydrogen-bond acceptors (Lipinski definition) is 3. The van der Waals surface area contributed by atoms with Gasteiger partial charge < -0.3 is 15.4 Å². The van der Waals surface area contributed by atoms with Crippen molar-refractivity contribution in [1.82, 2.24) is 0 Å². The van der Waals surface area contributed by atoms with Gasteiger partial charge in [0.25, 0.3) is 5.91 Å². The van der Waals surface area contributed by atoms with Crippen molar-refractivity contribution in [2.24, 2.45) is 5.73 Å². The number of para-hydroxylation sites is 2. The van der Waals surface area contributed by atoms with Crippen LogP contribution < -0.4 is 15.4 Å². The highest BCUT2D eigenvalue weighted by Gasteiger charge is 2.17. The minimum absolute atomic E-state index is 0.0929. The molecule has 2 N–H and O–H groups in total. The predicted octanol–water partition coefficient (Wildman–Crippen LogP) is 2.74. The standard InChI is InChI=1S/C17H17BrN2O3/c18-14-8-4-5-9-15(14)23-12-17(22)20(11-10-16(19)21)13-6-2-1-3-7-13/h1-9H,10-12H2,(H2,19,21). The SMILES string of the molecule is NC(=O)CCN(C(=O)COc1ccccc1Br)c1ccccc1. The summed E-state index contributed by atoms with van der Waals surface area (Å²) in [6, 6.07) is 16.4. The molecule has 0 aliphatic carbocycles. The molecule has 2 aromatic carbocycles. The van der Waals surface area contributed by atoms with Crippen LogP contribution in [0.1, 0.15) is 6.42 Å². The van der Waals surface area contributed by atoms with Crippen LogP contribution in [0.3, 0.4) is 0 Å². The van der Waals surface area contributed by atoms with Gasteiger partial charge in [0.1, 0.15) is 5.75 Å². The second-order valence-corrected chi connectivity index (χ2v) is 5.67. The van der Waals surface area contributed by atoms with E-state index in [9.17, 15) is 9.59 Å². The summed E-state index contributed by atoms with van der Waals surface area (Å²) in [5, 5.41) is 0. The second kappa shape index (κ2) is 8.33. The van der Waals surface area contributed by atoms with Gasteiger partial charge >= 0.3 is 0 Å². The first-order chi connectivity index (χ1) is 11.1. The molecule has 0 atom stereocenters. The molecule has 0 radical (unpaired) electrons. The van der Waals surface area contributed by atoms with Crippen LogP contribution in [0.5, 0.6) is 5.75 Å². The molecule has 5 nitrogen and oxygen atoms in total. The number of carbonyl (C=O) groups is 2. The van der Waals surface area contributed by atoms with Gasteiger partial charge in [-0.05, 0) is 40.2 Å². The first-order valence-electron chi connectivity index (χ1n) is 7.09. The van der Waals surface area contributed by atoms with E-state index in [0.29, 0.717) is 11.4 Å². The summed E-state index contributed by atoms with van der Waals surface area (Å²) < 4.78 is 6.33. The molecule has 0 aromatic heterocycles. The fourth-order valence-electron chi connectivity index (χ4n) is 2.01. The third-order valence-electron chi connectivity index (χ3n) is 3.14. The molecular formula is C17H17BrN2O3. The molecule has 120 valence electrons. The average Bonchev–Trinajstić information content (AvgIpc) is 2.55. The van der Waals surface area contributed by atoms with Crippen molar-refractivity contribution in [3.8, 4) is 5.75 Å². The van der Waals surface area contributed by atoms with E-state index < -0.39 is 5.91 Å². The van der Waals surface area contributed by atoms with Crippen molar-refractivity contribution in [2.75, 3.05) is 18.1 Å². The van der Waals surface area contributed by atoms with Gasteiger partial charge in [-0.15, -0.1) is 0 Å². The number of amides is 2. The van der Waals surface area contributed by atoms with Crippen molar-refractivity contribution >= 4 is 33.4 Å². The number of primary amides is 1. The Morgan fingerprint density at radius 3 is 2.35 bits per heavy atom. The minimum atomic E-state index is -0.453. The van der Waals surface area contributed by atoms with E-state index in [1.807, 2.05) is 36.4 Å². The van der Waals surface area contributed by atoms with Crippen LogP contribution in [0.15, 0.2) is 59.1 Å². The summed E-state index contributed by atoms with van der Waals surface area (Å²) >= 11 is 3.37. The van der Waals surface area contributed by atoms with Crippen molar-refractivity contribution in [3.05, 3.63) is 59.1 Å². The summed E-state index contributed by atoms with van der Waals surface area (Å²) in [6.07, 6.45) is 0.0929. The number of carbonyl (C=O) groups excluding carboxylic acids is 2. The van der Waals surface area contributed by atoms with Crippen molar-refractivity contribution < 1.29 is 14.3 Å². The number of hydrogen-bond donors (Lipinski definition) is 1. The molecule has 0 fully saturated rings. The number of halogens is 1. The zero-order chi connectivity index (χ0) is 16.7. The second-order valence-electron chi connectivity index (χ2n) is 4.82. The molecule has 0 aliphatic rings. The lowest BCUT2D eigenvalue weighted by molar-refractivity contribution is -0.120. The largest absolute Gasteiger partial charge is 0.483 e. The molecule has 0 heterocycles. The van der Waals surface area contributed by atoms with Gasteiger partial charge in [0.15, 0.2) is 6.61 Å². The van der Waals surface area contributed by atoms with Crippen molar-refractivity contribution in [2.45, 2.75) is 6.42 Å². The maximum atomic E-state index is 12.5. The van der Waals surface area contributed by atoms with E-state index in [-0.39, 0.29) is 25.5 Å². The molecular weight excluding hydrogens is 360 g/mol. The third kappa shape index (κ3) is 5.10. The Labute approximate surface area is 143 Å². The van der Waals surface area contributed by atoms with Crippen LogP contribution in [0, 0.1) is 0 Å². The van der Waals surface area contributed by atoms with Crippen LogP contribution in [-0.2, 0) is 9.59 Å². The number of anilines is 1.